The number of halogens is 1. The summed E-state index contributed by atoms with van der Waals surface area (Å²) in [5.41, 5.74) is 2.65. The molecule has 1 fully saturated rings. The Morgan fingerprint density at radius 2 is 2.12 bits per heavy atom. The van der Waals surface area contributed by atoms with Gasteiger partial charge in [-0.25, -0.2) is 4.39 Å². The molecule has 1 unspecified atom stereocenters. The van der Waals surface area contributed by atoms with Gasteiger partial charge >= 0.3 is 0 Å². The van der Waals surface area contributed by atoms with E-state index < -0.39 is 0 Å². The van der Waals surface area contributed by atoms with Crippen molar-refractivity contribution in [1.29, 1.82) is 0 Å². The van der Waals surface area contributed by atoms with E-state index in [0.29, 0.717) is 35.7 Å². The number of nitrogens with zero attached hydrogens (tertiary/aromatic N) is 2. The van der Waals surface area contributed by atoms with Crippen LogP contribution in [0.5, 0.6) is 5.75 Å². The summed E-state index contributed by atoms with van der Waals surface area (Å²) in [4.78, 5) is 2.35. The molecule has 2 aromatic carbocycles. The zero-order chi connectivity index (χ0) is 18.1. The molecule has 1 aliphatic rings. The van der Waals surface area contributed by atoms with Crippen LogP contribution < -0.4 is 0 Å². The molecule has 0 radical (unpaired) electrons. The van der Waals surface area contributed by atoms with Crippen molar-refractivity contribution in [2.45, 2.75) is 32.7 Å². The molecule has 0 bridgehead atoms. The summed E-state index contributed by atoms with van der Waals surface area (Å²) in [6.07, 6.45) is 2.79. The Balaban J connectivity index is 1.65. The average molecular weight is 354 g/mol. The van der Waals surface area contributed by atoms with E-state index in [9.17, 15) is 9.50 Å². The lowest BCUT2D eigenvalue weighted by atomic mass is 9.99. The zero-order valence-corrected chi connectivity index (χ0v) is 14.9. The fraction of sp³-hybridized carbons (Fsp3) is 0.381. The first kappa shape index (κ1) is 17.0. The van der Waals surface area contributed by atoms with Crippen molar-refractivity contribution >= 4 is 11.0 Å². The third-order valence-corrected chi connectivity index (χ3v) is 5.23. The number of fused-ring (bicyclic) bond motifs is 1. The van der Waals surface area contributed by atoms with Crippen LogP contribution in [-0.2, 0) is 13.0 Å². The number of phenolic OH excluding ortho intramolecular Hbond substituents is 1. The summed E-state index contributed by atoms with van der Waals surface area (Å²) < 4.78 is 19.5. The van der Waals surface area contributed by atoms with E-state index in [1.165, 1.54) is 18.9 Å². The monoisotopic (exact) mass is 354 g/mol. The Kier molecular flexibility index (Phi) is 4.64. The summed E-state index contributed by atoms with van der Waals surface area (Å²) in [5.74, 6) is 0.644. The van der Waals surface area contributed by atoms with E-state index in [2.05, 4.69) is 17.0 Å². The van der Waals surface area contributed by atoms with Crippen LogP contribution in [0.2, 0.25) is 0 Å². The van der Waals surface area contributed by atoms with Crippen LogP contribution in [0, 0.1) is 11.7 Å². The number of rotatable bonds is 4. The molecule has 4 nitrogen and oxygen atoms in total. The highest BCUT2D eigenvalue weighted by Crippen LogP contribution is 2.32. The van der Waals surface area contributed by atoms with Crippen molar-refractivity contribution in [3.63, 3.8) is 0 Å². The molecule has 0 spiro atoms. The molecule has 0 amide bonds. The van der Waals surface area contributed by atoms with Gasteiger partial charge in [-0.15, -0.1) is 0 Å². The topological polar surface area (TPSA) is 49.5 Å². The molecule has 1 atom stereocenters. The largest absolute Gasteiger partial charge is 0.507 e. The highest BCUT2D eigenvalue weighted by molar-refractivity contribution is 5.84. The Labute approximate surface area is 152 Å². The van der Waals surface area contributed by atoms with Gasteiger partial charge in [-0.05, 0) is 49.1 Å². The second-order valence-corrected chi connectivity index (χ2v) is 7.32. The van der Waals surface area contributed by atoms with Gasteiger partial charge in [-0.2, -0.15) is 0 Å². The van der Waals surface area contributed by atoms with E-state index in [0.717, 1.165) is 24.0 Å². The first-order valence-electron chi connectivity index (χ1n) is 9.16. The smallest absolute Gasteiger partial charge is 0.175 e. The first-order chi connectivity index (χ1) is 12.6. The van der Waals surface area contributed by atoms with Crippen LogP contribution in [-0.4, -0.2) is 28.3 Å². The number of hydrogen-bond acceptors (Lipinski definition) is 4. The molecule has 1 aliphatic heterocycles. The number of aromatic hydroxyl groups is 1. The predicted molar refractivity (Wildman–Crippen MR) is 98.6 cm³/mol. The van der Waals surface area contributed by atoms with Gasteiger partial charge in [0.15, 0.2) is 5.58 Å². The molecule has 0 aliphatic carbocycles. The van der Waals surface area contributed by atoms with E-state index in [1.54, 1.807) is 24.3 Å². The standard InChI is InChI=1S/C21H23FN2O2/c1-14-5-4-10-24(12-14)13-17-20(25)9-8-16-19(23-26-21(16)17)11-15-6-2-3-7-18(15)22/h2-3,6-9,14,25H,4-5,10-13H2,1H3. The quantitative estimate of drug-likeness (QED) is 0.750. The van der Waals surface area contributed by atoms with Crippen LogP contribution in [0.25, 0.3) is 11.0 Å². The van der Waals surface area contributed by atoms with Crippen LogP contribution in [0.1, 0.15) is 36.6 Å². The summed E-state index contributed by atoms with van der Waals surface area (Å²) in [5, 5.41) is 15.4. The van der Waals surface area contributed by atoms with E-state index in [4.69, 9.17) is 4.52 Å². The molecule has 2 heterocycles. The van der Waals surface area contributed by atoms with Gasteiger partial charge in [-0.3, -0.25) is 4.90 Å². The maximum Gasteiger partial charge on any atom is 0.175 e. The van der Waals surface area contributed by atoms with Crippen LogP contribution >= 0.6 is 0 Å². The van der Waals surface area contributed by atoms with Gasteiger partial charge in [0, 0.05) is 24.9 Å². The van der Waals surface area contributed by atoms with Crippen molar-refractivity contribution in [1.82, 2.24) is 10.1 Å². The second-order valence-electron chi connectivity index (χ2n) is 7.32. The highest BCUT2D eigenvalue weighted by Gasteiger charge is 2.22. The van der Waals surface area contributed by atoms with Crippen molar-refractivity contribution in [2.24, 2.45) is 5.92 Å². The number of benzene rings is 2. The molecule has 0 saturated carbocycles. The molecule has 136 valence electrons. The molecule has 5 heteroatoms. The summed E-state index contributed by atoms with van der Waals surface area (Å²) in [7, 11) is 0. The minimum absolute atomic E-state index is 0.226. The van der Waals surface area contributed by atoms with Crippen molar-refractivity contribution in [2.75, 3.05) is 13.1 Å². The van der Waals surface area contributed by atoms with Crippen LogP contribution in [0.15, 0.2) is 40.9 Å². The van der Waals surface area contributed by atoms with Gasteiger partial charge in [0.1, 0.15) is 11.6 Å². The number of aromatic nitrogens is 1. The van der Waals surface area contributed by atoms with Gasteiger partial charge < -0.3 is 9.63 Å². The molecular weight excluding hydrogens is 331 g/mol. The lowest BCUT2D eigenvalue weighted by molar-refractivity contribution is 0.175. The molecule has 1 aromatic heterocycles. The number of likely N-dealkylation sites (tertiary alicyclic amines) is 1. The van der Waals surface area contributed by atoms with Crippen LogP contribution in [0.3, 0.4) is 0 Å². The predicted octanol–water partition coefficient (Wildman–Crippen LogP) is 4.50. The lowest BCUT2D eigenvalue weighted by Crippen LogP contribution is -2.33. The summed E-state index contributed by atoms with van der Waals surface area (Å²) in [6.45, 7) is 4.94. The molecule has 26 heavy (non-hydrogen) atoms. The first-order valence-corrected chi connectivity index (χ1v) is 9.16. The van der Waals surface area contributed by atoms with E-state index in [-0.39, 0.29) is 11.6 Å². The van der Waals surface area contributed by atoms with Crippen molar-refractivity contribution < 1.29 is 14.0 Å². The lowest BCUT2D eigenvalue weighted by Gasteiger charge is -2.30. The highest BCUT2D eigenvalue weighted by atomic mass is 19.1. The van der Waals surface area contributed by atoms with E-state index >= 15 is 0 Å². The third kappa shape index (κ3) is 3.31. The summed E-state index contributed by atoms with van der Waals surface area (Å²) in [6, 6.07) is 10.2. The summed E-state index contributed by atoms with van der Waals surface area (Å²) >= 11 is 0. The van der Waals surface area contributed by atoms with Crippen LogP contribution in [0.4, 0.5) is 4.39 Å². The molecule has 3 aromatic rings. The third-order valence-electron chi connectivity index (χ3n) is 5.23. The van der Waals surface area contributed by atoms with Crippen molar-refractivity contribution in [3.05, 3.63) is 59.0 Å². The Bertz CT molecular complexity index is 922. The maximum atomic E-state index is 14.0. The Morgan fingerprint density at radius 1 is 1.27 bits per heavy atom. The zero-order valence-electron chi connectivity index (χ0n) is 14.9. The maximum absolute atomic E-state index is 14.0. The fourth-order valence-electron chi connectivity index (χ4n) is 3.86. The molecular formula is C21H23FN2O2. The van der Waals surface area contributed by atoms with E-state index in [1.807, 2.05) is 6.07 Å². The number of piperidine rings is 1. The molecule has 1 N–H and O–H groups in total. The normalized spacial score (nSPS) is 18.5. The molecule has 4 rings (SSSR count). The van der Waals surface area contributed by atoms with Gasteiger partial charge in [-0.1, -0.05) is 30.3 Å². The fourth-order valence-corrected chi connectivity index (χ4v) is 3.86. The minimum Gasteiger partial charge on any atom is -0.507 e. The second kappa shape index (κ2) is 7.08. The van der Waals surface area contributed by atoms with Crippen molar-refractivity contribution in [3.8, 4) is 5.75 Å². The Morgan fingerprint density at radius 3 is 2.92 bits per heavy atom. The number of hydrogen-bond donors (Lipinski definition) is 1. The number of phenols is 1. The average Bonchev–Trinajstić information content (AvgIpc) is 3.03. The van der Waals surface area contributed by atoms with Gasteiger partial charge in [0.25, 0.3) is 0 Å². The van der Waals surface area contributed by atoms with Gasteiger partial charge in [0.05, 0.1) is 11.3 Å². The van der Waals surface area contributed by atoms with Gasteiger partial charge in [0.2, 0.25) is 0 Å². The Hall–Kier alpha value is -2.40. The molecule has 1 saturated heterocycles. The minimum atomic E-state index is -0.245. The SMILES string of the molecule is CC1CCCN(Cc2c(O)ccc3c(Cc4ccccc4F)noc23)C1.